The van der Waals surface area contributed by atoms with E-state index in [1.807, 2.05) is 12.1 Å². The van der Waals surface area contributed by atoms with E-state index in [1.165, 1.54) is 11.8 Å². The number of unbranched alkanes of at least 4 members (excludes halogenated alkanes) is 1. The SMILES string of the molecule is CC(C)(C)NCCCCn1ccc2cccc(Cl)c21. The Morgan fingerprint density at radius 1 is 1.16 bits per heavy atom. The molecule has 19 heavy (non-hydrogen) atoms. The maximum Gasteiger partial charge on any atom is 0.0669 e. The minimum Gasteiger partial charge on any atom is -0.346 e. The van der Waals surface area contributed by atoms with Gasteiger partial charge in [0.2, 0.25) is 0 Å². The monoisotopic (exact) mass is 278 g/mol. The zero-order valence-corrected chi connectivity index (χ0v) is 12.8. The van der Waals surface area contributed by atoms with E-state index in [1.54, 1.807) is 0 Å². The quantitative estimate of drug-likeness (QED) is 0.799. The van der Waals surface area contributed by atoms with Crippen molar-refractivity contribution in [1.29, 1.82) is 0 Å². The molecule has 0 saturated carbocycles. The van der Waals surface area contributed by atoms with Crippen LogP contribution in [0.5, 0.6) is 0 Å². The number of aryl methyl sites for hydroxylation is 1. The zero-order valence-electron chi connectivity index (χ0n) is 12.0. The van der Waals surface area contributed by atoms with Crippen LogP contribution in [0.2, 0.25) is 5.02 Å². The summed E-state index contributed by atoms with van der Waals surface area (Å²) >= 11 is 6.27. The summed E-state index contributed by atoms with van der Waals surface area (Å²) in [4.78, 5) is 0. The fraction of sp³-hybridized carbons (Fsp3) is 0.500. The van der Waals surface area contributed by atoms with Gasteiger partial charge in [-0.15, -0.1) is 0 Å². The third kappa shape index (κ3) is 3.99. The maximum atomic E-state index is 6.27. The van der Waals surface area contributed by atoms with Gasteiger partial charge in [0.05, 0.1) is 10.5 Å². The van der Waals surface area contributed by atoms with Crippen LogP contribution in [-0.4, -0.2) is 16.7 Å². The number of rotatable bonds is 5. The van der Waals surface area contributed by atoms with Crippen LogP contribution < -0.4 is 5.32 Å². The molecular formula is C16H23ClN2. The van der Waals surface area contributed by atoms with Crippen molar-refractivity contribution in [3.05, 3.63) is 35.5 Å². The molecule has 0 aliphatic rings. The Kier molecular flexibility index (Phi) is 4.54. The highest BCUT2D eigenvalue weighted by molar-refractivity contribution is 6.35. The van der Waals surface area contributed by atoms with Gasteiger partial charge in [0.15, 0.2) is 0 Å². The van der Waals surface area contributed by atoms with Crippen molar-refractivity contribution in [3.63, 3.8) is 0 Å². The van der Waals surface area contributed by atoms with Crippen molar-refractivity contribution in [3.8, 4) is 0 Å². The van der Waals surface area contributed by atoms with Gasteiger partial charge in [0.1, 0.15) is 0 Å². The summed E-state index contributed by atoms with van der Waals surface area (Å²) < 4.78 is 2.26. The van der Waals surface area contributed by atoms with Crippen LogP contribution in [0.25, 0.3) is 10.9 Å². The highest BCUT2D eigenvalue weighted by Crippen LogP contribution is 2.24. The van der Waals surface area contributed by atoms with Crippen molar-refractivity contribution >= 4 is 22.5 Å². The van der Waals surface area contributed by atoms with Gasteiger partial charge >= 0.3 is 0 Å². The molecule has 0 fully saturated rings. The average molecular weight is 279 g/mol. The van der Waals surface area contributed by atoms with Gasteiger partial charge in [-0.1, -0.05) is 23.7 Å². The molecule has 2 nitrogen and oxygen atoms in total. The first-order valence-electron chi connectivity index (χ1n) is 6.96. The molecule has 104 valence electrons. The van der Waals surface area contributed by atoms with Gasteiger partial charge in [0.25, 0.3) is 0 Å². The molecule has 0 atom stereocenters. The molecule has 0 radical (unpaired) electrons. The summed E-state index contributed by atoms with van der Waals surface area (Å²) in [5.74, 6) is 0. The number of para-hydroxylation sites is 1. The third-order valence-corrected chi connectivity index (χ3v) is 3.53. The highest BCUT2D eigenvalue weighted by atomic mass is 35.5. The lowest BCUT2D eigenvalue weighted by Gasteiger charge is -2.20. The Bertz CT molecular complexity index is 537. The fourth-order valence-corrected chi connectivity index (χ4v) is 2.56. The first-order chi connectivity index (χ1) is 8.97. The van der Waals surface area contributed by atoms with E-state index >= 15 is 0 Å². The summed E-state index contributed by atoms with van der Waals surface area (Å²) in [7, 11) is 0. The Hall–Kier alpha value is -0.990. The van der Waals surface area contributed by atoms with Crippen LogP contribution in [0.15, 0.2) is 30.5 Å². The van der Waals surface area contributed by atoms with Gasteiger partial charge in [-0.3, -0.25) is 0 Å². The number of nitrogens with zero attached hydrogens (tertiary/aromatic N) is 1. The molecule has 1 aromatic carbocycles. The molecule has 0 aliphatic carbocycles. The van der Waals surface area contributed by atoms with Gasteiger partial charge in [-0.25, -0.2) is 0 Å². The predicted molar refractivity (Wildman–Crippen MR) is 83.9 cm³/mol. The summed E-state index contributed by atoms with van der Waals surface area (Å²) in [5, 5.41) is 5.58. The lowest BCUT2D eigenvalue weighted by atomic mass is 10.1. The van der Waals surface area contributed by atoms with E-state index in [2.05, 4.69) is 49.0 Å². The van der Waals surface area contributed by atoms with E-state index < -0.39 is 0 Å². The van der Waals surface area contributed by atoms with Crippen molar-refractivity contribution in [2.24, 2.45) is 0 Å². The second-order valence-corrected chi connectivity index (χ2v) is 6.48. The second-order valence-electron chi connectivity index (χ2n) is 6.07. The first-order valence-corrected chi connectivity index (χ1v) is 7.33. The molecule has 1 heterocycles. The molecule has 2 aromatic rings. The van der Waals surface area contributed by atoms with Crippen molar-refractivity contribution in [2.45, 2.75) is 45.7 Å². The number of fused-ring (bicyclic) bond motifs is 1. The molecule has 0 amide bonds. The fourth-order valence-electron chi connectivity index (χ4n) is 2.27. The Morgan fingerprint density at radius 3 is 2.68 bits per heavy atom. The van der Waals surface area contributed by atoms with E-state index in [0.29, 0.717) is 0 Å². The Morgan fingerprint density at radius 2 is 1.95 bits per heavy atom. The number of halogens is 1. The number of hydrogen-bond donors (Lipinski definition) is 1. The molecule has 0 bridgehead atoms. The number of hydrogen-bond acceptors (Lipinski definition) is 1. The molecule has 1 aromatic heterocycles. The topological polar surface area (TPSA) is 17.0 Å². The van der Waals surface area contributed by atoms with Crippen molar-refractivity contribution < 1.29 is 0 Å². The van der Waals surface area contributed by atoms with Crippen LogP contribution in [0, 0.1) is 0 Å². The lowest BCUT2D eigenvalue weighted by molar-refractivity contribution is 0.415. The molecule has 0 aliphatic heterocycles. The molecule has 0 saturated heterocycles. The van der Waals surface area contributed by atoms with Crippen LogP contribution in [0.3, 0.4) is 0 Å². The summed E-state index contributed by atoms with van der Waals surface area (Å²) in [5.41, 5.74) is 1.37. The summed E-state index contributed by atoms with van der Waals surface area (Å²) in [6, 6.07) is 8.21. The maximum absolute atomic E-state index is 6.27. The van der Waals surface area contributed by atoms with Gasteiger partial charge in [-0.2, -0.15) is 0 Å². The standard InChI is InChI=1S/C16H23ClN2/c1-16(2,3)18-10-4-5-11-19-12-9-13-7-6-8-14(17)15(13)19/h6-9,12,18H,4-5,10-11H2,1-3H3. The van der Waals surface area contributed by atoms with Crippen LogP contribution in [-0.2, 0) is 6.54 Å². The molecule has 3 heteroatoms. The van der Waals surface area contributed by atoms with E-state index in [9.17, 15) is 0 Å². The summed E-state index contributed by atoms with van der Waals surface area (Å²) in [6.45, 7) is 8.69. The molecule has 0 unspecified atom stereocenters. The van der Waals surface area contributed by atoms with Crippen molar-refractivity contribution in [1.82, 2.24) is 9.88 Å². The van der Waals surface area contributed by atoms with E-state index in [-0.39, 0.29) is 5.54 Å². The zero-order chi connectivity index (χ0) is 13.9. The normalized spacial score (nSPS) is 12.2. The van der Waals surface area contributed by atoms with E-state index in [0.717, 1.165) is 30.0 Å². The minimum atomic E-state index is 0.212. The lowest BCUT2D eigenvalue weighted by Crippen LogP contribution is -2.36. The number of benzene rings is 1. The molecule has 0 spiro atoms. The second kappa shape index (κ2) is 5.98. The predicted octanol–water partition coefficient (Wildman–Crippen LogP) is 4.46. The Balaban J connectivity index is 1.89. The van der Waals surface area contributed by atoms with Crippen LogP contribution in [0.4, 0.5) is 0 Å². The first kappa shape index (κ1) is 14.4. The highest BCUT2D eigenvalue weighted by Gasteiger charge is 2.08. The van der Waals surface area contributed by atoms with Crippen molar-refractivity contribution in [2.75, 3.05) is 6.54 Å². The largest absolute Gasteiger partial charge is 0.346 e. The molecule has 2 rings (SSSR count). The minimum absolute atomic E-state index is 0.212. The Labute approximate surface area is 120 Å². The van der Waals surface area contributed by atoms with Crippen LogP contribution in [0.1, 0.15) is 33.6 Å². The van der Waals surface area contributed by atoms with Gasteiger partial charge in [-0.05, 0) is 52.3 Å². The number of aromatic nitrogens is 1. The van der Waals surface area contributed by atoms with E-state index in [4.69, 9.17) is 11.6 Å². The summed E-state index contributed by atoms with van der Waals surface area (Å²) in [6.07, 6.45) is 4.48. The molecular weight excluding hydrogens is 256 g/mol. The molecule has 1 N–H and O–H groups in total. The van der Waals surface area contributed by atoms with Crippen LogP contribution >= 0.6 is 11.6 Å². The smallest absolute Gasteiger partial charge is 0.0669 e. The average Bonchev–Trinajstić information content (AvgIpc) is 2.72. The third-order valence-electron chi connectivity index (χ3n) is 3.22. The van der Waals surface area contributed by atoms with Gasteiger partial charge in [0, 0.05) is 23.7 Å². The number of nitrogens with one attached hydrogen (secondary N) is 1. The van der Waals surface area contributed by atoms with Gasteiger partial charge < -0.3 is 9.88 Å².